The lowest BCUT2D eigenvalue weighted by atomic mass is 10.3. The highest BCUT2D eigenvalue weighted by Crippen LogP contribution is 2.07. The van der Waals surface area contributed by atoms with E-state index in [-0.39, 0.29) is 0 Å². The molecule has 0 radical (unpaired) electrons. The molecule has 0 aliphatic rings. The first-order chi connectivity index (χ1) is 8.65. The number of ether oxygens (including phenoxy) is 1. The van der Waals surface area contributed by atoms with E-state index in [2.05, 4.69) is 22.0 Å². The Kier molecular flexibility index (Phi) is 3.94. The van der Waals surface area contributed by atoms with Gasteiger partial charge in [-0.05, 0) is 31.5 Å². The summed E-state index contributed by atoms with van der Waals surface area (Å²) in [4.78, 5) is 4.37. The van der Waals surface area contributed by atoms with E-state index in [9.17, 15) is 0 Å². The van der Waals surface area contributed by atoms with Gasteiger partial charge < -0.3 is 10.1 Å². The van der Waals surface area contributed by atoms with E-state index in [4.69, 9.17) is 4.74 Å². The number of pyridine rings is 1. The molecule has 0 spiro atoms. The first-order valence-corrected chi connectivity index (χ1v) is 5.94. The molecule has 2 aromatic rings. The molecule has 2 aromatic heterocycles. The third-order valence-corrected chi connectivity index (χ3v) is 2.37. The number of nitrogens with zero attached hydrogens (tertiary/aromatic N) is 3. The normalized spacial score (nSPS) is 10.8. The van der Waals surface area contributed by atoms with Crippen molar-refractivity contribution in [3.05, 3.63) is 36.0 Å². The number of aryl methyl sites for hydroxylation is 1. The molecule has 2 heterocycles. The van der Waals surface area contributed by atoms with Crippen molar-refractivity contribution in [2.24, 2.45) is 0 Å². The molecule has 0 aliphatic carbocycles. The SMILES string of the molecule is C=C(C)COCCNc1nc2cc(C)ccn2n1. The second-order valence-electron chi connectivity index (χ2n) is 4.38. The average molecular weight is 246 g/mol. The Morgan fingerprint density at radius 3 is 3.17 bits per heavy atom. The number of fused-ring (bicyclic) bond motifs is 1. The van der Waals surface area contributed by atoms with Crippen molar-refractivity contribution >= 4 is 11.6 Å². The van der Waals surface area contributed by atoms with Crippen LogP contribution in [0.1, 0.15) is 12.5 Å². The van der Waals surface area contributed by atoms with Gasteiger partial charge in [-0.3, -0.25) is 0 Å². The Bertz CT molecular complexity index is 547. The lowest BCUT2D eigenvalue weighted by Gasteiger charge is -2.03. The van der Waals surface area contributed by atoms with E-state index in [1.54, 1.807) is 4.52 Å². The fourth-order valence-corrected chi connectivity index (χ4v) is 1.54. The summed E-state index contributed by atoms with van der Waals surface area (Å²) in [7, 11) is 0. The van der Waals surface area contributed by atoms with E-state index >= 15 is 0 Å². The quantitative estimate of drug-likeness (QED) is 0.626. The van der Waals surface area contributed by atoms with Crippen LogP contribution in [-0.2, 0) is 4.74 Å². The molecule has 0 amide bonds. The smallest absolute Gasteiger partial charge is 0.243 e. The van der Waals surface area contributed by atoms with Crippen LogP contribution in [0.15, 0.2) is 30.5 Å². The van der Waals surface area contributed by atoms with Gasteiger partial charge in [0.25, 0.3) is 0 Å². The maximum absolute atomic E-state index is 5.39. The summed E-state index contributed by atoms with van der Waals surface area (Å²) >= 11 is 0. The second-order valence-corrected chi connectivity index (χ2v) is 4.38. The number of anilines is 1. The van der Waals surface area contributed by atoms with Crippen LogP contribution < -0.4 is 5.32 Å². The Morgan fingerprint density at radius 1 is 1.56 bits per heavy atom. The van der Waals surface area contributed by atoms with E-state index in [1.807, 2.05) is 32.2 Å². The molecule has 0 bridgehead atoms. The van der Waals surface area contributed by atoms with Gasteiger partial charge in [0, 0.05) is 12.7 Å². The fourth-order valence-electron chi connectivity index (χ4n) is 1.54. The minimum atomic E-state index is 0.597. The first-order valence-electron chi connectivity index (χ1n) is 5.94. The van der Waals surface area contributed by atoms with Crippen molar-refractivity contribution in [3.8, 4) is 0 Å². The largest absolute Gasteiger partial charge is 0.375 e. The Hall–Kier alpha value is -1.88. The number of aromatic nitrogens is 3. The lowest BCUT2D eigenvalue weighted by Crippen LogP contribution is -2.11. The van der Waals surface area contributed by atoms with Crippen molar-refractivity contribution < 1.29 is 4.74 Å². The zero-order chi connectivity index (χ0) is 13.0. The van der Waals surface area contributed by atoms with Crippen LogP contribution in [0.4, 0.5) is 5.95 Å². The third kappa shape index (κ3) is 3.30. The summed E-state index contributed by atoms with van der Waals surface area (Å²) in [5.74, 6) is 0.625. The van der Waals surface area contributed by atoms with Crippen LogP contribution >= 0.6 is 0 Å². The van der Waals surface area contributed by atoms with E-state index < -0.39 is 0 Å². The summed E-state index contributed by atoms with van der Waals surface area (Å²) in [6.45, 7) is 9.65. The second kappa shape index (κ2) is 5.64. The highest BCUT2D eigenvalue weighted by molar-refractivity contribution is 5.45. The standard InChI is InChI=1S/C13H18N4O/c1-10(2)9-18-7-5-14-13-15-12-8-11(3)4-6-17(12)16-13/h4,6,8H,1,5,7,9H2,2-3H3,(H,14,16). The highest BCUT2D eigenvalue weighted by atomic mass is 16.5. The van der Waals surface area contributed by atoms with Gasteiger partial charge in [-0.15, -0.1) is 5.10 Å². The van der Waals surface area contributed by atoms with Crippen LogP contribution in [0.25, 0.3) is 5.65 Å². The molecule has 0 saturated carbocycles. The van der Waals surface area contributed by atoms with Crippen molar-refractivity contribution in [2.45, 2.75) is 13.8 Å². The molecule has 96 valence electrons. The number of hydrogen-bond acceptors (Lipinski definition) is 4. The van der Waals surface area contributed by atoms with Crippen LogP contribution in [0.2, 0.25) is 0 Å². The van der Waals surface area contributed by atoms with Crippen LogP contribution in [0, 0.1) is 6.92 Å². The molecule has 0 atom stereocenters. The Morgan fingerprint density at radius 2 is 2.39 bits per heavy atom. The molecule has 1 N–H and O–H groups in total. The maximum atomic E-state index is 5.39. The molecule has 5 nitrogen and oxygen atoms in total. The minimum absolute atomic E-state index is 0.597. The van der Waals surface area contributed by atoms with Gasteiger partial charge in [0.1, 0.15) is 0 Å². The van der Waals surface area contributed by atoms with Crippen LogP contribution in [0.3, 0.4) is 0 Å². The first kappa shape index (κ1) is 12.6. The summed E-state index contributed by atoms with van der Waals surface area (Å²) in [5, 5.41) is 7.44. The van der Waals surface area contributed by atoms with Crippen molar-refractivity contribution in [3.63, 3.8) is 0 Å². The van der Waals surface area contributed by atoms with Gasteiger partial charge in [-0.25, -0.2) is 4.52 Å². The third-order valence-electron chi connectivity index (χ3n) is 2.37. The molecular weight excluding hydrogens is 228 g/mol. The number of hydrogen-bond donors (Lipinski definition) is 1. The van der Waals surface area contributed by atoms with E-state index in [0.29, 0.717) is 25.7 Å². The van der Waals surface area contributed by atoms with Gasteiger partial charge in [-0.1, -0.05) is 12.2 Å². The molecule has 0 aliphatic heterocycles. The van der Waals surface area contributed by atoms with Gasteiger partial charge >= 0.3 is 0 Å². The summed E-state index contributed by atoms with van der Waals surface area (Å²) in [6, 6.07) is 4.00. The van der Waals surface area contributed by atoms with Crippen molar-refractivity contribution in [1.82, 2.24) is 14.6 Å². The molecule has 2 rings (SSSR count). The predicted molar refractivity (Wildman–Crippen MR) is 71.8 cm³/mol. The maximum Gasteiger partial charge on any atom is 0.243 e. The minimum Gasteiger partial charge on any atom is -0.375 e. The molecule has 0 fully saturated rings. The monoisotopic (exact) mass is 246 g/mol. The summed E-state index contributed by atoms with van der Waals surface area (Å²) in [6.07, 6.45) is 1.90. The van der Waals surface area contributed by atoms with Crippen LogP contribution in [0.5, 0.6) is 0 Å². The molecule has 0 saturated heterocycles. The zero-order valence-corrected chi connectivity index (χ0v) is 10.8. The van der Waals surface area contributed by atoms with Gasteiger partial charge in [0.2, 0.25) is 5.95 Å². The molecule has 5 heteroatoms. The van der Waals surface area contributed by atoms with E-state index in [1.165, 1.54) is 5.56 Å². The summed E-state index contributed by atoms with van der Waals surface area (Å²) < 4.78 is 7.14. The molecular formula is C13H18N4O. The number of rotatable bonds is 6. The fraction of sp³-hybridized carbons (Fsp3) is 0.385. The van der Waals surface area contributed by atoms with Gasteiger partial charge in [0.15, 0.2) is 5.65 Å². The van der Waals surface area contributed by atoms with Gasteiger partial charge in [-0.2, -0.15) is 4.98 Å². The molecule has 0 unspecified atom stereocenters. The van der Waals surface area contributed by atoms with Gasteiger partial charge in [0.05, 0.1) is 13.2 Å². The lowest BCUT2D eigenvalue weighted by molar-refractivity contribution is 0.167. The molecule has 18 heavy (non-hydrogen) atoms. The van der Waals surface area contributed by atoms with Crippen molar-refractivity contribution in [1.29, 1.82) is 0 Å². The Labute approximate surface area is 106 Å². The average Bonchev–Trinajstić information content (AvgIpc) is 2.70. The van der Waals surface area contributed by atoms with E-state index in [0.717, 1.165) is 11.2 Å². The van der Waals surface area contributed by atoms with Crippen molar-refractivity contribution in [2.75, 3.05) is 25.1 Å². The Balaban J connectivity index is 1.86. The van der Waals surface area contributed by atoms with Crippen LogP contribution in [-0.4, -0.2) is 34.4 Å². The highest BCUT2D eigenvalue weighted by Gasteiger charge is 2.02. The number of nitrogens with one attached hydrogen (secondary N) is 1. The molecule has 0 aromatic carbocycles. The predicted octanol–water partition coefficient (Wildman–Crippen LogP) is 2.04. The zero-order valence-electron chi connectivity index (χ0n) is 10.8. The summed E-state index contributed by atoms with van der Waals surface area (Å²) in [5.41, 5.74) is 3.04. The topological polar surface area (TPSA) is 51.5 Å².